The number of thiol groups is 1. The Morgan fingerprint density at radius 2 is 2.13 bits per heavy atom. The van der Waals surface area contributed by atoms with Crippen molar-refractivity contribution in [2.45, 2.75) is 12.7 Å². The molecule has 0 atom stereocenters. The molecular formula is C8H11F3N2OS. The van der Waals surface area contributed by atoms with Crippen molar-refractivity contribution in [1.82, 2.24) is 9.78 Å². The van der Waals surface area contributed by atoms with Crippen LogP contribution in [-0.4, -0.2) is 28.7 Å². The molecule has 15 heavy (non-hydrogen) atoms. The van der Waals surface area contributed by atoms with Gasteiger partial charge in [-0.1, -0.05) is 0 Å². The van der Waals surface area contributed by atoms with E-state index in [1.807, 2.05) is 0 Å². The number of ether oxygens (including phenoxy) is 1. The number of alkyl halides is 3. The lowest BCUT2D eigenvalue weighted by molar-refractivity contribution is -0.141. The third kappa shape index (κ3) is 4.13. The smallest absolute Gasteiger partial charge is 0.379 e. The van der Waals surface area contributed by atoms with Crippen molar-refractivity contribution in [1.29, 1.82) is 0 Å². The molecule has 0 aliphatic rings. The molecule has 0 saturated carbocycles. The predicted molar refractivity (Wildman–Crippen MR) is 51.9 cm³/mol. The Labute approximate surface area is 90.6 Å². The molecule has 1 rings (SSSR count). The molecule has 0 aliphatic carbocycles. The zero-order valence-electron chi connectivity index (χ0n) is 7.87. The fraction of sp³-hybridized carbons (Fsp3) is 0.625. The molecule has 0 fully saturated rings. The first-order chi connectivity index (χ1) is 7.04. The van der Waals surface area contributed by atoms with Crippen LogP contribution in [0.4, 0.5) is 13.2 Å². The molecule has 3 nitrogen and oxygen atoms in total. The zero-order chi connectivity index (χ0) is 11.3. The summed E-state index contributed by atoms with van der Waals surface area (Å²) >= 11 is 3.93. The zero-order valence-corrected chi connectivity index (χ0v) is 8.76. The molecule has 0 N–H and O–H groups in total. The van der Waals surface area contributed by atoms with Gasteiger partial charge in [-0.15, -0.1) is 0 Å². The third-order valence-electron chi connectivity index (χ3n) is 1.63. The van der Waals surface area contributed by atoms with Crippen molar-refractivity contribution in [3.05, 3.63) is 18.0 Å². The van der Waals surface area contributed by atoms with Crippen molar-refractivity contribution < 1.29 is 17.9 Å². The molecule has 0 amide bonds. The summed E-state index contributed by atoms with van der Waals surface area (Å²) in [5, 5.41) is 3.37. The molecule has 86 valence electrons. The van der Waals surface area contributed by atoms with Crippen LogP contribution in [0.2, 0.25) is 0 Å². The lowest BCUT2D eigenvalue weighted by Gasteiger charge is -2.03. The van der Waals surface area contributed by atoms with Gasteiger partial charge in [0.1, 0.15) is 0 Å². The van der Waals surface area contributed by atoms with Gasteiger partial charge in [0, 0.05) is 11.9 Å². The predicted octanol–water partition coefficient (Wildman–Crippen LogP) is 1.85. The standard InChI is InChI=1S/C8H11F3N2OS/c9-8(10,11)7-1-2-13(12-7)3-4-14-5-6-15/h1-2,15H,3-6H2. The Hall–Kier alpha value is -0.690. The molecule has 0 radical (unpaired) electrons. The Balaban J connectivity index is 2.40. The first-order valence-corrected chi connectivity index (χ1v) is 4.96. The summed E-state index contributed by atoms with van der Waals surface area (Å²) in [7, 11) is 0. The van der Waals surface area contributed by atoms with E-state index in [1.165, 1.54) is 10.9 Å². The Kier molecular flexibility index (Phi) is 4.46. The molecule has 1 aromatic rings. The molecule has 1 heterocycles. The first-order valence-electron chi connectivity index (χ1n) is 4.33. The molecular weight excluding hydrogens is 229 g/mol. The second kappa shape index (κ2) is 5.41. The van der Waals surface area contributed by atoms with Gasteiger partial charge in [-0.2, -0.15) is 30.9 Å². The van der Waals surface area contributed by atoms with Gasteiger partial charge in [-0.3, -0.25) is 4.68 Å². The second-order valence-electron chi connectivity index (χ2n) is 2.80. The van der Waals surface area contributed by atoms with E-state index < -0.39 is 11.9 Å². The summed E-state index contributed by atoms with van der Waals surface area (Å²) in [4.78, 5) is 0. The van der Waals surface area contributed by atoms with E-state index in [2.05, 4.69) is 17.7 Å². The minimum Gasteiger partial charge on any atom is -0.379 e. The topological polar surface area (TPSA) is 27.1 Å². The fourth-order valence-electron chi connectivity index (χ4n) is 0.962. The van der Waals surface area contributed by atoms with Gasteiger partial charge in [-0.25, -0.2) is 0 Å². The maximum absolute atomic E-state index is 12.1. The van der Waals surface area contributed by atoms with E-state index in [1.54, 1.807) is 0 Å². The molecule has 0 unspecified atom stereocenters. The van der Waals surface area contributed by atoms with Gasteiger partial charge >= 0.3 is 6.18 Å². The van der Waals surface area contributed by atoms with Crippen LogP contribution in [0.1, 0.15) is 5.69 Å². The van der Waals surface area contributed by atoms with Crippen molar-refractivity contribution in [2.24, 2.45) is 0 Å². The van der Waals surface area contributed by atoms with Crippen LogP contribution in [0, 0.1) is 0 Å². The van der Waals surface area contributed by atoms with E-state index in [4.69, 9.17) is 4.74 Å². The third-order valence-corrected chi connectivity index (χ3v) is 1.81. The molecule has 0 aliphatic heterocycles. The Morgan fingerprint density at radius 3 is 2.67 bits per heavy atom. The van der Waals surface area contributed by atoms with Crippen molar-refractivity contribution in [3.63, 3.8) is 0 Å². The Bertz CT molecular complexity index is 300. The van der Waals surface area contributed by atoms with Crippen LogP contribution in [0.15, 0.2) is 12.3 Å². The number of nitrogens with zero attached hydrogens (tertiary/aromatic N) is 2. The van der Waals surface area contributed by atoms with Gasteiger partial charge < -0.3 is 4.74 Å². The summed E-state index contributed by atoms with van der Waals surface area (Å²) < 4.78 is 42.7. The molecule has 1 aromatic heterocycles. The average Bonchev–Trinajstić information content (AvgIpc) is 2.60. The minimum absolute atomic E-state index is 0.309. The molecule has 0 aromatic carbocycles. The quantitative estimate of drug-likeness (QED) is 0.628. The highest BCUT2D eigenvalue weighted by Gasteiger charge is 2.33. The SMILES string of the molecule is FC(F)(F)c1ccn(CCOCCS)n1. The van der Waals surface area contributed by atoms with Gasteiger partial charge in [0.05, 0.1) is 19.8 Å². The van der Waals surface area contributed by atoms with Crippen LogP contribution in [0.5, 0.6) is 0 Å². The van der Waals surface area contributed by atoms with E-state index in [0.29, 0.717) is 25.5 Å². The molecule has 7 heteroatoms. The van der Waals surface area contributed by atoms with E-state index in [-0.39, 0.29) is 0 Å². The maximum atomic E-state index is 12.1. The lowest BCUT2D eigenvalue weighted by atomic mass is 10.4. The van der Waals surface area contributed by atoms with Gasteiger partial charge in [0.25, 0.3) is 0 Å². The highest BCUT2D eigenvalue weighted by molar-refractivity contribution is 7.80. The summed E-state index contributed by atoms with van der Waals surface area (Å²) in [5.74, 6) is 0.590. The largest absolute Gasteiger partial charge is 0.435 e. The fourth-order valence-corrected chi connectivity index (χ4v) is 1.09. The summed E-state index contributed by atoms with van der Waals surface area (Å²) in [6.45, 7) is 1.12. The second-order valence-corrected chi connectivity index (χ2v) is 3.25. The molecule has 0 saturated heterocycles. The van der Waals surface area contributed by atoms with Crippen LogP contribution in [0.25, 0.3) is 0 Å². The number of hydrogen-bond acceptors (Lipinski definition) is 3. The summed E-state index contributed by atoms with van der Waals surface area (Å²) in [6.07, 6.45) is -3.09. The van der Waals surface area contributed by atoms with E-state index >= 15 is 0 Å². The molecule has 0 spiro atoms. The highest BCUT2D eigenvalue weighted by atomic mass is 32.1. The van der Waals surface area contributed by atoms with Crippen molar-refractivity contribution in [3.8, 4) is 0 Å². The van der Waals surface area contributed by atoms with Crippen molar-refractivity contribution >= 4 is 12.6 Å². The molecule has 0 bridgehead atoms. The van der Waals surface area contributed by atoms with Gasteiger partial charge in [0.15, 0.2) is 5.69 Å². The first kappa shape index (κ1) is 12.4. The van der Waals surface area contributed by atoms with E-state index in [9.17, 15) is 13.2 Å². The number of rotatable bonds is 5. The highest BCUT2D eigenvalue weighted by Crippen LogP contribution is 2.27. The number of aromatic nitrogens is 2. The van der Waals surface area contributed by atoms with Gasteiger partial charge in [-0.05, 0) is 6.07 Å². The van der Waals surface area contributed by atoms with E-state index in [0.717, 1.165) is 6.07 Å². The van der Waals surface area contributed by atoms with Crippen LogP contribution < -0.4 is 0 Å². The Morgan fingerprint density at radius 1 is 1.40 bits per heavy atom. The lowest BCUT2D eigenvalue weighted by Crippen LogP contribution is -2.11. The normalized spacial score (nSPS) is 12.0. The summed E-state index contributed by atoms with van der Waals surface area (Å²) in [5.41, 5.74) is -0.878. The maximum Gasteiger partial charge on any atom is 0.435 e. The minimum atomic E-state index is -4.38. The average molecular weight is 240 g/mol. The van der Waals surface area contributed by atoms with Crippen molar-refractivity contribution in [2.75, 3.05) is 19.0 Å². The van der Waals surface area contributed by atoms with Gasteiger partial charge in [0.2, 0.25) is 0 Å². The van der Waals surface area contributed by atoms with Crippen LogP contribution in [0.3, 0.4) is 0 Å². The number of halogens is 3. The monoisotopic (exact) mass is 240 g/mol. The van der Waals surface area contributed by atoms with Crippen LogP contribution >= 0.6 is 12.6 Å². The summed E-state index contributed by atoms with van der Waals surface area (Å²) in [6, 6.07) is 0.943. The van der Waals surface area contributed by atoms with Crippen LogP contribution in [-0.2, 0) is 17.5 Å². The number of hydrogen-bond donors (Lipinski definition) is 1.